The molecule has 1 aromatic heterocycles. The third-order valence-corrected chi connectivity index (χ3v) is 3.98. The summed E-state index contributed by atoms with van der Waals surface area (Å²) in [7, 11) is -2.02. The van der Waals surface area contributed by atoms with Crippen LogP contribution in [0.25, 0.3) is 0 Å². The van der Waals surface area contributed by atoms with Crippen LogP contribution in [0.2, 0.25) is 4.47 Å². The van der Waals surface area contributed by atoms with Crippen molar-refractivity contribution in [1.82, 2.24) is 9.71 Å². The zero-order valence-corrected chi connectivity index (χ0v) is 7.92. The molecule has 4 nitrogen and oxygen atoms in total. The van der Waals surface area contributed by atoms with Crippen molar-refractivity contribution in [3.05, 3.63) is 10.7 Å². The standard InChI is InChI=1S/C4H5ClN2O2S2/c1-6-11(8,9)3-2-7-4(5)10-3/h2,6H,1H3. The van der Waals surface area contributed by atoms with E-state index in [1.54, 1.807) is 0 Å². The van der Waals surface area contributed by atoms with Crippen molar-refractivity contribution < 1.29 is 8.42 Å². The number of halogens is 1. The number of thiazole rings is 1. The summed E-state index contributed by atoms with van der Waals surface area (Å²) < 4.78 is 24.5. The first-order valence-corrected chi connectivity index (χ1v) is 5.29. The first-order chi connectivity index (χ1) is 5.06. The normalized spacial score (nSPS) is 11.8. The fraction of sp³-hybridized carbons (Fsp3) is 0.250. The molecule has 0 atom stereocenters. The van der Waals surface area contributed by atoms with Gasteiger partial charge in [-0.05, 0) is 7.05 Å². The van der Waals surface area contributed by atoms with Crippen LogP contribution in [0.1, 0.15) is 0 Å². The Labute approximate surface area is 73.3 Å². The summed E-state index contributed by atoms with van der Waals surface area (Å²) in [4.78, 5) is 3.60. The zero-order valence-electron chi connectivity index (χ0n) is 5.54. The molecule has 0 spiro atoms. The highest BCUT2D eigenvalue weighted by Crippen LogP contribution is 2.21. The maximum Gasteiger partial charge on any atom is 0.251 e. The average Bonchev–Trinajstić information content (AvgIpc) is 2.36. The molecule has 62 valence electrons. The number of nitrogens with one attached hydrogen (secondary N) is 1. The van der Waals surface area contributed by atoms with Crippen LogP contribution in [0.15, 0.2) is 10.4 Å². The predicted molar refractivity (Wildman–Crippen MR) is 43.4 cm³/mol. The van der Waals surface area contributed by atoms with E-state index < -0.39 is 10.0 Å². The molecule has 7 heteroatoms. The molecule has 1 aromatic rings. The van der Waals surface area contributed by atoms with E-state index in [4.69, 9.17) is 11.6 Å². The first-order valence-electron chi connectivity index (χ1n) is 2.61. The molecular formula is C4H5ClN2O2S2. The molecule has 1 heterocycles. The highest BCUT2D eigenvalue weighted by Gasteiger charge is 2.14. The Balaban J connectivity index is 3.13. The first kappa shape index (κ1) is 8.92. The summed E-state index contributed by atoms with van der Waals surface area (Å²) >= 11 is 6.36. The molecule has 0 fully saturated rings. The number of hydrogen-bond donors (Lipinski definition) is 1. The molecular weight excluding hydrogens is 208 g/mol. The molecule has 0 saturated heterocycles. The third-order valence-electron chi connectivity index (χ3n) is 0.990. The van der Waals surface area contributed by atoms with Crippen LogP contribution in [-0.2, 0) is 10.0 Å². The van der Waals surface area contributed by atoms with Crippen molar-refractivity contribution in [3.8, 4) is 0 Å². The highest BCUT2D eigenvalue weighted by molar-refractivity contribution is 7.91. The molecule has 0 aromatic carbocycles. The van der Waals surface area contributed by atoms with Gasteiger partial charge in [0.05, 0.1) is 6.20 Å². The monoisotopic (exact) mass is 212 g/mol. The lowest BCUT2D eigenvalue weighted by atomic mass is 11.0. The van der Waals surface area contributed by atoms with Gasteiger partial charge < -0.3 is 0 Å². The van der Waals surface area contributed by atoms with Gasteiger partial charge in [0.25, 0.3) is 10.0 Å². The molecule has 0 amide bonds. The lowest BCUT2D eigenvalue weighted by Gasteiger charge is -1.94. The van der Waals surface area contributed by atoms with Crippen LogP contribution < -0.4 is 4.72 Å². The van der Waals surface area contributed by atoms with Crippen LogP contribution in [0.5, 0.6) is 0 Å². The van der Waals surface area contributed by atoms with E-state index in [9.17, 15) is 8.42 Å². The van der Waals surface area contributed by atoms with Crippen LogP contribution in [-0.4, -0.2) is 20.4 Å². The van der Waals surface area contributed by atoms with Gasteiger partial charge in [0.15, 0.2) is 8.68 Å². The fourth-order valence-corrected chi connectivity index (χ4v) is 2.59. The van der Waals surface area contributed by atoms with Gasteiger partial charge in [-0.1, -0.05) is 22.9 Å². The van der Waals surface area contributed by atoms with Gasteiger partial charge >= 0.3 is 0 Å². The Hall–Kier alpha value is -0.170. The Bertz CT molecular complexity index is 345. The van der Waals surface area contributed by atoms with E-state index in [2.05, 4.69) is 9.71 Å². The van der Waals surface area contributed by atoms with E-state index in [1.165, 1.54) is 13.2 Å². The average molecular weight is 213 g/mol. The van der Waals surface area contributed by atoms with Crippen molar-refractivity contribution in [3.63, 3.8) is 0 Å². The van der Waals surface area contributed by atoms with Crippen LogP contribution in [0.3, 0.4) is 0 Å². The van der Waals surface area contributed by atoms with Gasteiger partial charge in [-0.25, -0.2) is 18.1 Å². The quantitative estimate of drug-likeness (QED) is 0.786. The molecule has 1 N–H and O–H groups in total. The van der Waals surface area contributed by atoms with E-state index in [0.717, 1.165) is 11.3 Å². The molecule has 0 aliphatic carbocycles. The molecule has 0 radical (unpaired) electrons. The van der Waals surface area contributed by atoms with E-state index in [0.29, 0.717) is 0 Å². The van der Waals surface area contributed by atoms with Crippen molar-refractivity contribution in [2.24, 2.45) is 0 Å². The van der Waals surface area contributed by atoms with Gasteiger partial charge in [-0.15, -0.1) is 0 Å². The molecule has 1 rings (SSSR count). The van der Waals surface area contributed by atoms with Crippen molar-refractivity contribution in [2.45, 2.75) is 4.21 Å². The smallest absolute Gasteiger partial charge is 0.232 e. The maximum atomic E-state index is 11.0. The summed E-state index contributed by atoms with van der Waals surface area (Å²) in [5, 5.41) is 0. The van der Waals surface area contributed by atoms with Gasteiger partial charge in [-0.2, -0.15) is 0 Å². The number of hydrogen-bond acceptors (Lipinski definition) is 4. The van der Waals surface area contributed by atoms with E-state index in [-0.39, 0.29) is 8.68 Å². The molecule has 0 saturated carbocycles. The van der Waals surface area contributed by atoms with Gasteiger partial charge in [0.1, 0.15) is 0 Å². The number of nitrogens with zero attached hydrogens (tertiary/aromatic N) is 1. The number of aromatic nitrogens is 1. The minimum Gasteiger partial charge on any atom is -0.232 e. The Morgan fingerprint density at radius 3 is 2.73 bits per heavy atom. The lowest BCUT2D eigenvalue weighted by molar-refractivity contribution is 0.590. The SMILES string of the molecule is CNS(=O)(=O)c1cnc(Cl)s1. The summed E-state index contributed by atoms with van der Waals surface area (Å²) in [6.45, 7) is 0. The zero-order chi connectivity index (χ0) is 8.48. The Morgan fingerprint density at radius 2 is 2.36 bits per heavy atom. The number of rotatable bonds is 2. The minimum atomic E-state index is -3.36. The summed E-state index contributed by atoms with van der Waals surface area (Å²) in [6, 6.07) is 0. The van der Waals surface area contributed by atoms with Gasteiger partial charge in [0, 0.05) is 0 Å². The molecule has 0 bridgehead atoms. The van der Waals surface area contributed by atoms with Crippen LogP contribution >= 0.6 is 22.9 Å². The summed E-state index contributed by atoms with van der Waals surface area (Å²) in [6.07, 6.45) is 1.22. The lowest BCUT2D eigenvalue weighted by Crippen LogP contribution is -2.17. The second-order valence-electron chi connectivity index (χ2n) is 1.64. The third kappa shape index (κ3) is 1.90. The summed E-state index contributed by atoms with van der Waals surface area (Å²) in [5.74, 6) is 0. The Morgan fingerprint density at radius 1 is 1.73 bits per heavy atom. The van der Waals surface area contributed by atoms with Gasteiger partial charge in [0.2, 0.25) is 0 Å². The van der Waals surface area contributed by atoms with Crippen molar-refractivity contribution >= 4 is 33.0 Å². The van der Waals surface area contributed by atoms with Crippen LogP contribution in [0, 0.1) is 0 Å². The topological polar surface area (TPSA) is 59.1 Å². The predicted octanol–water partition coefficient (Wildman–Crippen LogP) is 0.705. The second kappa shape index (κ2) is 3.06. The number of sulfonamides is 1. The van der Waals surface area contributed by atoms with Crippen LogP contribution in [0.4, 0.5) is 0 Å². The minimum absolute atomic E-state index is 0.130. The molecule has 11 heavy (non-hydrogen) atoms. The highest BCUT2D eigenvalue weighted by atomic mass is 35.5. The van der Waals surface area contributed by atoms with Gasteiger partial charge in [-0.3, -0.25) is 0 Å². The molecule has 0 unspecified atom stereocenters. The fourth-order valence-electron chi connectivity index (χ4n) is 0.464. The Kier molecular flexibility index (Phi) is 2.48. The molecule has 0 aliphatic rings. The maximum absolute atomic E-state index is 11.0. The summed E-state index contributed by atoms with van der Waals surface area (Å²) in [5.41, 5.74) is 0. The second-order valence-corrected chi connectivity index (χ2v) is 5.37. The van der Waals surface area contributed by atoms with E-state index in [1.807, 2.05) is 0 Å². The van der Waals surface area contributed by atoms with Crippen molar-refractivity contribution in [1.29, 1.82) is 0 Å². The largest absolute Gasteiger partial charge is 0.251 e. The van der Waals surface area contributed by atoms with Crippen molar-refractivity contribution in [2.75, 3.05) is 7.05 Å². The van der Waals surface area contributed by atoms with E-state index >= 15 is 0 Å². The molecule has 0 aliphatic heterocycles.